The van der Waals surface area contributed by atoms with Crippen molar-refractivity contribution < 1.29 is 22.7 Å². The number of halogens is 3. The standard InChI is InChI=1S/C15H17F3N2O2/c1-22-11-4-2-3-10(5-11)12(21)20-8-13-6-14(13,9-19-7-13)15(16,17)18/h2-5,19H,6-9H2,1H3,(H,20,21)/t13-,14-/m1/s1. The van der Waals surface area contributed by atoms with Gasteiger partial charge in [-0.25, -0.2) is 0 Å². The topological polar surface area (TPSA) is 50.4 Å². The molecular weight excluding hydrogens is 297 g/mol. The van der Waals surface area contributed by atoms with Crippen LogP contribution in [0.3, 0.4) is 0 Å². The van der Waals surface area contributed by atoms with Crippen molar-refractivity contribution in [3.63, 3.8) is 0 Å². The van der Waals surface area contributed by atoms with Gasteiger partial charge in [-0.15, -0.1) is 0 Å². The molecule has 1 heterocycles. The Morgan fingerprint density at radius 1 is 1.41 bits per heavy atom. The second-order valence-electron chi connectivity index (χ2n) is 6.06. The molecule has 22 heavy (non-hydrogen) atoms. The molecule has 2 atom stereocenters. The van der Waals surface area contributed by atoms with E-state index < -0.39 is 17.0 Å². The van der Waals surface area contributed by atoms with Crippen molar-refractivity contribution in [2.24, 2.45) is 10.8 Å². The van der Waals surface area contributed by atoms with Crippen LogP contribution in [-0.4, -0.2) is 38.8 Å². The second-order valence-corrected chi connectivity index (χ2v) is 6.06. The Hall–Kier alpha value is -1.76. The number of nitrogens with one attached hydrogen (secondary N) is 2. The van der Waals surface area contributed by atoms with Crippen molar-refractivity contribution in [2.75, 3.05) is 26.7 Å². The zero-order chi connectivity index (χ0) is 16.0. The zero-order valence-corrected chi connectivity index (χ0v) is 12.1. The first-order chi connectivity index (χ1) is 10.3. The maximum Gasteiger partial charge on any atom is 0.396 e. The van der Waals surface area contributed by atoms with Gasteiger partial charge in [0.1, 0.15) is 5.75 Å². The number of hydrogen-bond acceptors (Lipinski definition) is 3. The van der Waals surface area contributed by atoms with Crippen LogP contribution in [0.1, 0.15) is 16.8 Å². The van der Waals surface area contributed by atoms with Gasteiger partial charge in [0.05, 0.1) is 12.5 Å². The van der Waals surface area contributed by atoms with E-state index in [9.17, 15) is 18.0 Å². The summed E-state index contributed by atoms with van der Waals surface area (Å²) in [6, 6.07) is 6.53. The molecule has 4 nitrogen and oxygen atoms in total. The average molecular weight is 314 g/mol. The molecule has 0 radical (unpaired) electrons. The van der Waals surface area contributed by atoms with E-state index >= 15 is 0 Å². The Morgan fingerprint density at radius 3 is 2.82 bits per heavy atom. The molecule has 2 aliphatic rings. The average Bonchev–Trinajstić information content (AvgIpc) is 3.01. The Bertz CT molecular complexity index is 605. The number of amides is 1. The number of methoxy groups -OCH3 is 1. The first-order valence-corrected chi connectivity index (χ1v) is 7.03. The summed E-state index contributed by atoms with van der Waals surface area (Å²) in [6.45, 7) is 0.242. The fourth-order valence-corrected chi connectivity index (χ4v) is 3.44. The third-order valence-electron chi connectivity index (χ3n) is 4.88. The van der Waals surface area contributed by atoms with Crippen molar-refractivity contribution in [2.45, 2.75) is 12.6 Å². The molecule has 1 amide bonds. The second kappa shape index (κ2) is 4.87. The van der Waals surface area contributed by atoms with Crippen LogP contribution in [0.25, 0.3) is 0 Å². The van der Waals surface area contributed by atoms with Gasteiger partial charge in [0, 0.05) is 30.6 Å². The van der Waals surface area contributed by atoms with Crippen LogP contribution < -0.4 is 15.4 Å². The lowest BCUT2D eigenvalue weighted by Gasteiger charge is -2.20. The first-order valence-electron chi connectivity index (χ1n) is 7.03. The van der Waals surface area contributed by atoms with Gasteiger partial charge in [-0.3, -0.25) is 4.79 Å². The van der Waals surface area contributed by atoms with E-state index in [1.54, 1.807) is 24.3 Å². The molecule has 0 aromatic heterocycles. The van der Waals surface area contributed by atoms with Gasteiger partial charge in [0.15, 0.2) is 0 Å². The molecule has 1 aliphatic carbocycles. The number of rotatable bonds is 4. The molecule has 1 saturated carbocycles. The maximum atomic E-state index is 13.2. The molecule has 0 unspecified atom stereocenters. The summed E-state index contributed by atoms with van der Waals surface area (Å²) in [5.74, 6) is 0.146. The minimum absolute atomic E-state index is 0.0234. The third kappa shape index (κ3) is 2.15. The Kier molecular flexibility index (Phi) is 3.36. The largest absolute Gasteiger partial charge is 0.497 e. The number of fused-ring (bicyclic) bond motifs is 1. The highest BCUT2D eigenvalue weighted by Crippen LogP contribution is 2.72. The third-order valence-corrected chi connectivity index (χ3v) is 4.88. The first kappa shape index (κ1) is 15.1. The number of benzene rings is 1. The van der Waals surface area contributed by atoms with Crippen molar-refractivity contribution in [1.82, 2.24) is 10.6 Å². The van der Waals surface area contributed by atoms with Crippen molar-refractivity contribution >= 4 is 5.91 Å². The van der Waals surface area contributed by atoms with E-state index in [0.717, 1.165) is 0 Å². The zero-order valence-electron chi connectivity index (χ0n) is 12.1. The van der Waals surface area contributed by atoms with Crippen molar-refractivity contribution in [3.8, 4) is 5.75 Å². The predicted octanol–water partition coefficient (Wildman–Crippen LogP) is 1.97. The Labute approximate surface area is 126 Å². The fraction of sp³-hybridized carbons (Fsp3) is 0.533. The quantitative estimate of drug-likeness (QED) is 0.893. The van der Waals surface area contributed by atoms with Crippen LogP contribution in [0.2, 0.25) is 0 Å². The summed E-state index contributed by atoms with van der Waals surface area (Å²) in [4.78, 5) is 12.1. The van der Waals surface area contributed by atoms with E-state index in [1.807, 2.05) is 0 Å². The fourth-order valence-electron chi connectivity index (χ4n) is 3.44. The number of hydrogen-bond donors (Lipinski definition) is 2. The molecule has 1 aromatic rings. The number of ether oxygens (including phenoxy) is 1. The monoisotopic (exact) mass is 314 g/mol. The van der Waals surface area contributed by atoms with E-state index in [2.05, 4.69) is 10.6 Å². The summed E-state index contributed by atoms with van der Waals surface area (Å²) in [5, 5.41) is 5.44. The number of carbonyl (C=O) groups excluding carboxylic acids is 1. The van der Waals surface area contributed by atoms with Crippen LogP contribution in [0.15, 0.2) is 24.3 Å². The van der Waals surface area contributed by atoms with Gasteiger partial charge in [-0.1, -0.05) is 6.07 Å². The summed E-state index contributed by atoms with van der Waals surface area (Å²) >= 11 is 0. The lowest BCUT2D eigenvalue weighted by atomic mass is 9.95. The van der Waals surface area contributed by atoms with Gasteiger partial charge in [0.2, 0.25) is 0 Å². The van der Waals surface area contributed by atoms with Gasteiger partial charge >= 0.3 is 6.18 Å². The minimum Gasteiger partial charge on any atom is -0.497 e. The number of piperidine rings is 1. The molecule has 0 spiro atoms. The smallest absolute Gasteiger partial charge is 0.396 e. The molecule has 2 fully saturated rings. The Balaban J connectivity index is 1.67. The molecule has 1 saturated heterocycles. The predicted molar refractivity (Wildman–Crippen MR) is 73.7 cm³/mol. The molecular formula is C15H17F3N2O2. The summed E-state index contributed by atoms with van der Waals surface area (Å²) < 4.78 is 44.7. The Morgan fingerprint density at radius 2 is 2.18 bits per heavy atom. The van der Waals surface area contributed by atoms with Crippen LogP contribution in [-0.2, 0) is 0 Å². The number of carbonyl (C=O) groups is 1. The van der Waals surface area contributed by atoms with Gasteiger partial charge < -0.3 is 15.4 Å². The molecule has 3 rings (SSSR count). The molecule has 7 heteroatoms. The molecule has 2 N–H and O–H groups in total. The van der Waals surface area contributed by atoms with Crippen molar-refractivity contribution in [3.05, 3.63) is 29.8 Å². The van der Waals surface area contributed by atoms with Crippen LogP contribution in [0.4, 0.5) is 13.2 Å². The summed E-state index contributed by atoms with van der Waals surface area (Å²) in [7, 11) is 1.49. The maximum absolute atomic E-state index is 13.2. The minimum atomic E-state index is -4.24. The SMILES string of the molecule is COc1cccc(C(=O)NC[C@@]23CNC[C@]2(C(F)(F)F)C3)c1. The van der Waals surface area contributed by atoms with Gasteiger partial charge in [-0.05, 0) is 24.6 Å². The van der Waals surface area contributed by atoms with E-state index in [-0.39, 0.29) is 32.0 Å². The highest BCUT2D eigenvalue weighted by Gasteiger charge is 2.81. The lowest BCUT2D eigenvalue weighted by molar-refractivity contribution is -0.190. The highest BCUT2D eigenvalue weighted by molar-refractivity contribution is 5.94. The van der Waals surface area contributed by atoms with Crippen LogP contribution in [0.5, 0.6) is 5.75 Å². The van der Waals surface area contributed by atoms with Crippen LogP contribution in [0, 0.1) is 10.8 Å². The van der Waals surface area contributed by atoms with E-state index in [4.69, 9.17) is 4.74 Å². The number of alkyl halides is 3. The molecule has 0 bridgehead atoms. The van der Waals surface area contributed by atoms with Crippen LogP contribution >= 0.6 is 0 Å². The van der Waals surface area contributed by atoms with Crippen molar-refractivity contribution in [1.29, 1.82) is 0 Å². The highest BCUT2D eigenvalue weighted by atomic mass is 19.4. The van der Waals surface area contributed by atoms with Gasteiger partial charge in [0.25, 0.3) is 5.91 Å². The molecule has 1 aliphatic heterocycles. The molecule has 1 aromatic carbocycles. The summed E-state index contributed by atoms with van der Waals surface area (Å²) in [5.41, 5.74) is -2.21. The normalized spacial score (nSPS) is 29.8. The van der Waals surface area contributed by atoms with E-state index in [0.29, 0.717) is 11.3 Å². The molecule has 120 valence electrons. The van der Waals surface area contributed by atoms with Gasteiger partial charge in [-0.2, -0.15) is 13.2 Å². The lowest BCUT2D eigenvalue weighted by Crippen LogP contribution is -2.37. The van der Waals surface area contributed by atoms with E-state index in [1.165, 1.54) is 7.11 Å². The summed E-state index contributed by atoms with van der Waals surface area (Å²) in [6.07, 6.45) is -4.16.